The highest BCUT2D eigenvalue weighted by Crippen LogP contribution is 2.46. The fourth-order valence-electron chi connectivity index (χ4n) is 1.65. The van der Waals surface area contributed by atoms with E-state index in [4.69, 9.17) is 5.11 Å². The van der Waals surface area contributed by atoms with E-state index in [2.05, 4.69) is 19.3 Å². The first-order valence-electron chi connectivity index (χ1n) is 6.02. The highest BCUT2D eigenvalue weighted by atomic mass is 31.2. The molecule has 0 radical (unpaired) electrons. The number of nitrogens with one attached hydrogen (secondary N) is 1. The van der Waals surface area contributed by atoms with Crippen molar-refractivity contribution < 1.29 is 28.3 Å². The van der Waals surface area contributed by atoms with Crippen molar-refractivity contribution in [3.63, 3.8) is 0 Å². The number of carbonyl (C=O) groups excluding carboxylic acids is 1. The van der Waals surface area contributed by atoms with Crippen LogP contribution in [0.1, 0.15) is 5.56 Å². The van der Waals surface area contributed by atoms with E-state index in [0.717, 1.165) is 14.2 Å². The van der Waals surface area contributed by atoms with Gasteiger partial charge in [-0.1, -0.05) is 6.07 Å². The number of amides is 1. The number of carboxylic acid groups (broad SMARTS) is 1. The van der Waals surface area contributed by atoms with Gasteiger partial charge in [0.15, 0.2) is 5.78 Å². The van der Waals surface area contributed by atoms with Gasteiger partial charge >= 0.3 is 13.7 Å². The van der Waals surface area contributed by atoms with Crippen LogP contribution in [0.15, 0.2) is 24.5 Å². The van der Waals surface area contributed by atoms with E-state index in [-0.39, 0.29) is 6.42 Å². The molecule has 1 rings (SSSR count). The zero-order chi connectivity index (χ0) is 15.9. The van der Waals surface area contributed by atoms with Crippen LogP contribution in [-0.4, -0.2) is 48.4 Å². The summed E-state index contributed by atoms with van der Waals surface area (Å²) in [6.45, 7) is 0. The number of rotatable bonds is 8. The fourth-order valence-corrected chi connectivity index (χ4v) is 2.66. The molecule has 0 saturated carbocycles. The van der Waals surface area contributed by atoms with E-state index in [0.29, 0.717) is 5.56 Å². The maximum absolute atomic E-state index is 12.1. The van der Waals surface area contributed by atoms with Gasteiger partial charge in [0.1, 0.15) is 6.16 Å². The molecule has 0 bridgehead atoms. The molecule has 116 valence electrons. The number of hydrogen-bond acceptors (Lipinski definition) is 6. The van der Waals surface area contributed by atoms with Gasteiger partial charge in [0.25, 0.3) is 0 Å². The molecule has 0 spiro atoms. The Morgan fingerprint density at radius 3 is 2.57 bits per heavy atom. The highest BCUT2D eigenvalue weighted by molar-refractivity contribution is 7.54. The number of Topliss-reactive ketones (excluding diaryl/α,β-unsaturated/α-hetero) is 1. The first-order chi connectivity index (χ1) is 9.90. The van der Waals surface area contributed by atoms with E-state index < -0.39 is 31.7 Å². The predicted octanol–water partition coefficient (Wildman–Crippen LogP) is 1.32. The van der Waals surface area contributed by atoms with Crippen LogP contribution in [-0.2, 0) is 24.8 Å². The average Bonchev–Trinajstić information content (AvgIpc) is 2.47. The molecule has 8 nitrogen and oxygen atoms in total. The van der Waals surface area contributed by atoms with E-state index in [1.165, 1.54) is 6.20 Å². The third-order valence-corrected chi connectivity index (χ3v) is 4.57. The SMILES string of the molecule is COP(=O)(CC(=O)[C@H](Cc1cccnc1)NC(=O)O)OC. The Hall–Kier alpha value is -1.76. The monoisotopic (exact) mass is 316 g/mol. The second-order valence-electron chi connectivity index (χ2n) is 4.17. The van der Waals surface area contributed by atoms with Gasteiger partial charge in [-0.25, -0.2) is 4.79 Å². The average molecular weight is 316 g/mol. The number of aromatic nitrogens is 1. The van der Waals surface area contributed by atoms with Gasteiger partial charge in [-0.2, -0.15) is 0 Å². The van der Waals surface area contributed by atoms with Crippen LogP contribution in [0.5, 0.6) is 0 Å². The summed E-state index contributed by atoms with van der Waals surface area (Å²) in [5.74, 6) is -0.576. The largest absolute Gasteiger partial charge is 0.465 e. The standard InChI is InChI=1S/C12H17N2O6P/c1-19-21(18,20-2)8-11(15)10(14-12(16)17)6-9-4-3-5-13-7-9/h3-5,7,10,14H,6,8H2,1-2H3,(H,16,17)/t10-/m0/s1. The molecule has 1 aromatic heterocycles. The molecule has 9 heteroatoms. The zero-order valence-electron chi connectivity index (χ0n) is 11.7. The smallest absolute Gasteiger partial charge is 0.405 e. The van der Waals surface area contributed by atoms with Gasteiger partial charge in [0, 0.05) is 33.0 Å². The number of ketones is 1. The second-order valence-corrected chi connectivity index (χ2v) is 6.44. The van der Waals surface area contributed by atoms with Crippen molar-refractivity contribution in [1.29, 1.82) is 0 Å². The Labute approximate surface area is 122 Å². The third-order valence-electron chi connectivity index (χ3n) is 2.75. The second kappa shape index (κ2) is 7.87. The Morgan fingerprint density at radius 2 is 2.10 bits per heavy atom. The van der Waals surface area contributed by atoms with Crippen LogP contribution in [0.3, 0.4) is 0 Å². The van der Waals surface area contributed by atoms with Crippen LogP contribution >= 0.6 is 7.60 Å². The lowest BCUT2D eigenvalue weighted by atomic mass is 10.1. The van der Waals surface area contributed by atoms with E-state index in [1.807, 2.05) is 0 Å². The van der Waals surface area contributed by atoms with Crippen LogP contribution < -0.4 is 5.32 Å². The van der Waals surface area contributed by atoms with Crippen LogP contribution in [0.4, 0.5) is 4.79 Å². The summed E-state index contributed by atoms with van der Waals surface area (Å²) >= 11 is 0. The molecule has 0 fully saturated rings. The molecule has 2 N–H and O–H groups in total. The van der Waals surface area contributed by atoms with E-state index in [1.54, 1.807) is 18.3 Å². The fraction of sp³-hybridized carbons (Fsp3) is 0.417. The molecule has 0 aliphatic carbocycles. The topological polar surface area (TPSA) is 115 Å². The van der Waals surface area contributed by atoms with Crippen molar-refractivity contribution in [1.82, 2.24) is 10.3 Å². The van der Waals surface area contributed by atoms with E-state index in [9.17, 15) is 14.2 Å². The quantitative estimate of drug-likeness (QED) is 0.695. The molecule has 1 amide bonds. The van der Waals surface area contributed by atoms with Crippen molar-refractivity contribution in [2.45, 2.75) is 12.5 Å². The van der Waals surface area contributed by atoms with Crippen molar-refractivity contribution in [2.24, 2.45) is 0 Å². The van der Waals surface area contributed by atoms with Gasteiger partial charge in [0.05, 0.1) is 6.04 Å². The van der Waals surface area contributed by atoms with E-state index >= 15 is 0 Å². The summed E-state index contributed by atoms with van der Waals surface area (Å²) in [5, 5.41) is 10.9. The lowest BCUT2D eigenvalue weighted by molar-refractivity contribution is -0.118. The molecular weight excluding hydrogens is 299 g/mol. The summed E-state index contributed by atoms with van der Waals surface area (Å²) in [5.41, 5.74) is 0.675. The Kier molecular flexibility index (Phi) is 6.48. The lowest BCUT2D eigenvalue weighted by Gasteiger charge is -2.18. The predicted molar refractivity (Wildman–Crippen MR) is 74.4 cm³/mol. The molecular formula is C12H17N2O6P. The van der Waals surface area contributed by atoms with Gasteiger partial charge < -0.3 is 19.5 Å². The molecule has 1 aromatic rings. The minimum atomic E-state index is -3.54. The third kappa shape index (κ3) is 5.63. The van der Waals surface area contributed by atoms with Crippen molar-refractivity contribution in [3.05, 3.63) is 30.1 Å². The summed E-state index contributed by atoms with van der Waals surface area (Å²) in [6, 6.07) is 2.33. The maximum atomic E-state index is 12.1. The Morgan fingerprint density at radius 1 is 1.43 bits per heavy atom. The minimum absolute atomic E-state index is 0.104. The summed E-state index contributed by atoms with van der Waals surface area (Å²) in [4.78, 5) is 26.8. The Bertz CT molecular complexity index is 528. The van der Waals surface area contributed by atoms with Crippen molar-refractivity contribution in [2.75, 3.05) is 20.4 Å². The highest BCUT2D eigenvalue weighted by Gasteiger charge is 2.31. The van der Waals surface area contributed by atoms with Crippen molar-refractivity contribution >= 4 is 19.5 Å². The number of carbonyl (C=O) groups is 2. The van der Waals surface area contributed by atoms with Crippen LogP contribution in [0, 0.1) is 0 Å². The summed E-state index contributed by atoms with van der Waals surface area (Å²) in [7, 11) is -1.21. The molecule has 1 atom stereocenters. The first-order valence-corrected chi connectivity index (χ1v) is 7.74. The van der Waals surface area contributed by atoms with Crippen molar-refractivity contribution in [3.8, 4) is 0 Å². The normalized spacial score (nSPS) is 12.7. The van der Waals surface area contributed by atoms with Gasteiger partial charge in [-0.15, -0.1) is 0 Å². The van der Waals surface area contributed by atoms with Gasteiger partial charge in [-0.05, 0) is 11.6 Å². The molecule has 1 heterocycles. The zero-order valence-corrected chi connectivity index (χ0v) is 12.6. The Balaban J connectivity index is 2.84. The molecule has 0 unspecified atom stereocenters. The maximum Gasteiger partial charge on any atom is 0.405 e. The van der Waals surface area contributed by atoms with Gasteiger partial charge in [0.2, 0.25) is 0 Å². The first kappa shape index (κ1) is 17.3. The molecule has 0 aromatic carbocycles. The molecule has 0 aliphatic rings. The number of hydrogen-bond donors (Lipinski definition) is 2. The molecule has 0 aliphatic heterocycles. The van der Waals surface area contributed by atoms with Gasteiger partial charge in [-0.3, -0.25) is 14.3 Å². The minimum Gasteiger partial charge on any atom is -0.465 e. The summed E-state index contributed by atoms with van der Waals surface area (Å²) in [6.07, 6.45) is 1.34. The van der Waals surface area contributed by atoms with Crippen LogP contribution in [0.25, 0.3) is 0 Å². The molecule has 21 heavy (non-hydrogen) atoms. The number of pyridine rings is 1. The molecule has 0 saturated heterocycles. The lowest BCUT2D eigenvalue weighted by Crippen LogP contribution is -2.43. The summed E-state index contributed by atoms with van der Waals surface area (Å²) < 4.78 is 21.3. The number of nitrogens with zero attached hydrogens (tertiary/aromatic N) is 1. The van der Waals surface area contributed by atoms with Crippen LogP contribution in [0.2, 0.25) is 0 Å².